The predicted octanol–water partition coefficient (Wildman–Crippen LogP) is 4.13. The highest BCUT2D eigenvalue weighted by atomic mass is 79.9. The van der Waals surface area contributed by atoms with Gasteiger partial charge in [-0.15, -0.1) is 0 Å². The van der Waals surface area contributed by atoms with Gasteiger partial charge in [0.05, 0.1) is 24.6 Å². The van der Waals surface area contributed by atoms with E-state index in [4.69, 9.17) is 26.2 Å². The maximum atomic E-state index is 8.58. The summed E-state index contributed by atoms with van der Waals surface area (Å²) in [5, 5.41) is 8.58. The number of pyridine rings is 2. The quantitative estimate of drug-likeness (QED) is 0.278. The van der Waals surface area contributed by atoms with Crippen molar-refractivity contribution in [1.82, 2.24) is 9.97 Å². The third-order valence-corrected chi connectivity index (χ3v) is 3.37. The molecule has 2 heterocycles. The highest BCUT2D eigenvalue weighted by molar-refractivity contribution is 9.10. The predicted molar refractivity (Wildman–Crippen MR) is 104 cm³/mol. The largest absolute Gasteiger partial charge is 0.390 e. The fourth-order valence-electron chi connectivity index (χ4n) is 1.30. The minimum atomic E-state index is -0.000556. The van der Waals surface area contributed by atoms with Crippen molar-refractivity contribution in [2.24, 2.45) is 0 Å². The number of nitrogens with zero attached hydrogens (tertiary/aromatic N) is 2. The molecule has 0 bridgehead atoms. The summed E-state index contributed by atoms with van der Waals surface area (Å²) in [7, 11) is 3.14. The molecule has 0 aliphatic heterocycles. The molecular formula is C16H21Br2ClN2O4. The molecular weight excluding hydrogens is 479 g/mol. The van der Waals surface area contributed by atoms with E-state index in [1.807, 2.05) is 30.3 Å². The van der Waals surface area contributed by atoms with Gasteiger partial charge < -0.3 is 19.3 Å². The lowest BCUT2D eigenvalue weighted by Gasteiger charge is -2.01. The molecule has 1 N–H and O–H groups in total. The van der Waals surface area contributed by atoms with Gasteiger partial charge in [-0.3, -0.25) is 0 Å². The summed E-state index contributed by atoms with van der Waals surface area (Å²) in [5.41, 5.74) is 1.57. The van der Waals surface area contributed by atoms with Gasteiger partial charge in [-0.1, -0.05) is 23.7 Å². The van der Waals surface area contributed by atoms with Gasteiger partial charge in [0.25, 0.3) is 0 Å². The minimum absolute atomic E-state index is 0.000556. The monoisotopic (exact) mass is 498 g/mol. The first-order valence-corrected chi connectivity index (χ1v) is 9.14. The van der Waals surface area contributed by atoms with Crippen LogP contribution in [0.1, 0.15) is 11.4 Å². The topological polar surface area (TPSA) is 73.7 Å². The first kappa shape index (κ1) is 24.4. The lowest BCUT2D eigenvalue weighted by atomic mass is 10.4. The molecule has 2 aromatic rings. The zero-order valence-corrected chi connectivity index (χ0v) is 17.9. The number of rotatable bonds is 6. The van der Waals surface area contributed by atoms with Crippen LogP contribution in [0.15, 0.2) is 45.6 Å². The van der Waals surface area contributed by atoms with Crippen molar-refractivity contribution in [3.05, 3.63) is 57.0 Å². The molecule has 0 atom stereocenters. The first-order valence-electron chi connectivity index (χ1n) is 7.02. The van der Waals surface area contributed by atoms with Gasteiger partial charge >= 0.3 is 0 Å². The summed E-state index contributed by atoms with van der Waals surface area (Å²) in [4.78, 5) is 8.14. The Labute approximate surface area is 169 Å². The second-order valence-electron chi connectivity index (χ2n) is 4.21. The lowest BCUT2D eigenvalue weighted by Crippen LogP contribution is -1.98. The van der Waals surface area contributed by atoms with E-state index in [0.717, 1.165) is 14.9 Å². The molecule has 9 heteroatoms. The Balaban J connectivity index is 0.000000391. The summed E-state index contributed by atoms with van der Waals surface area (Å²) < 4.78 is 15.7. The summed E-state index contributed by atoms with van der Waals surface area (Å²) >= 11 is 11.4. The van der Waals surface area contributed by atoms with Crippen LogP contribution < -0.4 is 0 Å². The number of hydrogen-bond acceptors (Lipinski definition) is 6. The highest BCUT2D eigenvalue weighted by Crippen LogP contribution is 2.07. The Bertz CT molecular complexity index is 577. The lowest BCUT2D eigenvalue weighted by molar-refractivity contribution is -0.0401. The molecule has 0 saturated heterocycles. The first-order chi connectivity index (χ1) is 12.1. The van der Waals surface area contributed by atoms with Crippen molar-refractivity contribution < 1.29 is 19.3 Å². The molecule has 6 nitrogen and oxygen atoms in total. The van der Waals surface area contributed by atoms with E-state index >= 15 is 0 Å². The van der Waals surface area contributed by atoms with Crippen LogP contribution >= 0.6 is 43.5 Å². The van der Waals surface area contributed by atoms with E-state index in [9.17, 15) is 0 Å². The van der Waals surface area contributed by atoms with Crippen LogP contribution in [0, 0.1) is 0 Å². The summed E-state index contributed by atoms with van der Waals surface area (Å²) in [6, 6.07) is 11.4. The Morgan fingerprint density at radius 3 is 1.88 bits per heavy atom. The molecule has 0 radical (unpaired) electrons. The maximum Gasteiger partial charge on any atom is 0.146 e. The van der Waals surface area contributed by atoms with Gasteiger partial charge in [-0.05, 0) is 56.1 Å². The van der Waals surface area contributed by atoms with Gasteiger partial charge in [-0.2, -0.15) is 0 Å². The molecule has 0 aromatic carbocycles. The second kappa shape index (κ2) is 16.8. The van der Waals surface area contributed by atoms with Crippen molar-refractivity contribution >= 4 is 43.5 Å². The normalized spacial score (nSPS) is 9.52. The zero-order valence-electron chi connectivity index (χ0n) is 14.0. The van der Waals surface area contributed by atoms with E-state index in [-0.39, 0.29) is 6.61 Å². The number of aliphatic hydroxyl groups is 1. The Kier molecular flexibility index (Phi) is 16.4. The Morgan fingerprint density at radius 2 is 1.48 bits per heavy atom. The molecule has 0 spiro atoms. The van der Waals surface area contributed by atoms with Crippen LogP contribution in [-0.2, 0) is 27.4 Å². The second-order valence-corrected chi connectivity index (χ2v) is 6.06. The van der Waals surface area contributed by atoms with Crippen molar-refractivity contribution in [3.63, 3.8) is 0 Å². The third kappa shape index (κ3) is 14.3. The SMILES string of the molecule is COCCl.COCOCc1cccc(Br)n1.OCc1cccc(Br)n1. The minimum Gasteiger partial charge on any atom is -0.390 e. The van der Waals surface area contributed by atoms with Crippen molar-refractivity contribution in [2.45, 2.75) is 13.2 Å². The molecule has 2 aromatic heterocycles. The Morgan fingerprint density at radius 1 is 0.960 bits per heavy atom. The number of aliphatic hydroxyl groups excluding tert-OH is 1. The van der Waals surface area contributed by atoms with Crippen LogP contribution in [0.3, 0.4) is 0 Å². The smallest absolute Gasteiger partial charge is 0.146 e. The van der Waals surface area contributed by atoms with Crippen LogP contribution in [0.4, 0.5) is 0 Å². The summed E-state index contributed by atoms with van der Waals surface area (Å²) in [6.45, 7) is 0.779. The number of alkyl halides is 1. The molecule has 140 valence electrons. The Hall–Kier alpha value is -0.610. The number of halogens is 3. The van der Waals surface area contributed by atoms with Gasteiger partial charge in [-0.25, -0.2) is 9.97 Å². The fourth-order valence-corrected chi connectivity index (χ4v) is 2.06. The molecule has 0 fully saturated rings. The van der Waals surface area contributed by atoms with Crippen molar-refractivity contribution in [2.75, 3.05) is 27.1 Å². The number of aromatic nitrogens is 2. The number of ether oxygens (including phenoxy) is 3. The molecule has 0 aliphatic carbocycles. The summed E-state index contributed by atoms with van der Waals surface area (Å²) in [5.74, 6) is 0. The van der Waals surface area contributed by atoms with E-state index in [2.05, 4.69) is 46.6 Å². The van der Waals surface area contributed by atoms with Crippen LogP contribution in [-0.4, -0.2) is 42.2 Å². The zero-order chi connectivity index (χ0) is 18.9. The molecule has 0 amide bonds. The molecule has 2 rings (SSSR count). The number of hydrogen-bond donors (Lipinski definition) is 1. The van der Waals surface area contributed by atoms with Gasteiger partial charge in [0.2, 0.25) is 0 Å². The van der Waals surface area contributed by atoms with Gasteiger partial charge in [0, 0.05) is 14.2 Å². The summed E-state index contributed by atoms with van der Waals surface area (Å²) in [6.07, 6.45) is 0. The highest BCUT2D eigenvalue weighted by Gasteiger charge is 1.94. The molecule has 0 saturated carbocycles. The maximum absolute atomic E-state index is 8.58. The van der Waals surface area contributed by atoms with E-state index in [1.165, 1.54) is 0 Å². The average molecular weight is 501 g/mol. The van der Waals surface area contributed by atoms with Gasteiger partial charge in [0.15, 0.2) is 0 Å². The van der Waals surface area contributed by atoms with Crippen molar-refractivity contribution in [1.29, 1.82) is 0 Å². The molecule has 0 unspecified atom stereocenters. The standard InChI is InChI=1S/C8H10BrNO2.C6H6BrNO.C2H5ClO/c1-11-6-12-5-7-3-2-4-8(9)10-7;7-6-3-1-2-5(4-9)8-6;1-4-2-3/h2-4H,5-6H2,1H3;1-3,9H,4H2;2H2,1H3. The number of methoxy groups -OCH3 is 2. The molecule has 0 aliphatic rings. The van der Waals surface area contributed by atoms with Crippen LogP contribution in [0.2, 0.25) is 0 Å². The average Bonchev–Trinajstić information content (AvgIpc) is 2.63. The fraction of sp³-hybridized carbons (Fsp3) is 0.375. The van der Waals surface area contributed by atoms with Crippen LogP contribution in [0.5, 0.6) is 0 Å². The van der Waals surface area contributed by atoms with Crippen LogP contribution in [0.25, 0.3) is 0 Å². The van der Waals surface area contributed by atoms with Gasteiger partial charge in [0.1, 0.15) is 22.1 Å². The molecule has 25 heavy (non-hydrogen) atoms. The van der Waals surface area contributed by atoms with E-state index in [0.29, 0.717) is 25.2 Å². The third-order valence-electron chi connectivity index (χ3n) is 2.27. The van der Waals surface area contributed by atoms with E-state index < -0.39 is 0 Å². The van der Waals surface area contributed by atoms with E-state index in [1.54, 1.807) is 20.3 Å². The van der Waals surface area contributed by atoms with Crippen molar-refractivity contribution in [3.8, 4) is 0 Å².